The van der Waals surface area contributed by atoms with E-state index in [1.54, 1.807) is 6.92 Å². The summed E-state index contributed by atoms with van der Waals surface area (Å²) in [5.74, 6) is 0.598. The van der Waals surface area contributed by atoms with Crippen LogP contribution in [-0.2, 0) is 20.7 Å². The molecule has 1 aliphatic rings. The zero-order valence-electron chi connectivity index (χ0n) is 15.7. The van der Waals surface area contributed by atoms with E-state index in [1.807, 2.05) is 35.2 Å². The second-order valence-corrected chi connectivity index (χ2v) is 7.52. The first-order valence-corrected chi connectivity index (χ1v) is 10.2. The Morgan fingerprint density at radius 3 is 2.54 bits per heavy atom. The first-order chi connectivity index (χ1) is 12.6. The monoisotopic (exact) mass is 379 g/mol. The fourth-order valence-corrected chi connectivity index (χ4v) is 3.68. The number of hydrogen-bond donors (Lipinski definition) is 0. The summed E-state index contributed by atoms with van der Waals surface area (Å²) < 4.78 is 4.92. The van der Waals surface area contributed by atoms with Gasteiger partial charge in [-0.2, -0.15) is 0 Å². The summed E-state index contributed by atoms with van der Waals surface area (Å²) in [6.45, 7) is 3.89. The van der Waals surface area contributed by atoms with Crippen LogP contribution in [0.2, 0.25) is 0 Å². The van der Waals surface area contributed by atoms with Gasteiger partial charge in [0.25, 0.3) is 0 Å². The van der Waals surface area contributed by atoms with Crippen molar-refractivity contribution in [2.45, 2.75) is 57.2 Å². The van der Waals surface area contributed by atoms with E-state index in [4.69, 9.17) is 16.3 Å². The first kappa shape index (κ1) is 20.8. The number of likely N-dealkylation sites (tertiary alicyclic amines) is 1. The van der Waals surface area contributed by atoms with Crippen molar-refractivity contribution in [3.63, 3.8) is 0 Å². The van der Waals surface area contributed by atoms with Crippen molar-refractivity contribution in [1.82, 2.24) is 4.90 Å². The third-order valence-corrected chi connectivity index (χ3v) is 5.42. The van der Waals surface area contributed by atoms with Crippen molar-refractivity contribution in [2.24, 2.45) is 5.92 Å². The van der Waals surface area contributed by atoms with E-state index < -0.39 is 5.38 Å². The van der Waals surface area contributed by atoms with Gasteiger partial charge in [0.15, 0.2) is 0 Å². The van der Waals surface area contributed by atoms with Crippen LogP contribution in [0, 0.1) is 5.92 Å². The first-order valence-electron chi connectivity index (χ1n) is 9.72. The molecule has 1 fully saturated rings. The van der Waals surface area contributed by atoms with Gasteiger partial charge in [-0.05, 0) is 37.7 Å². The predicted octanol–water partition coefficient (Wildman–Crippen LogP) is 4.20. The largest absolute Gasteiger partial charge is 0.465 e. The molecule has 1 aromatic carbocycles. The van der Waals surface area contributed by atoms with E-state index in [9.17, 15) is 9.59 Å². The third kappa shape index (κ3) is 6.99. The Hall–Kier alpha value is -1.55. The van der Waals surface area contributed by atoms with Gasteiger partial charge in [-0.3, -0.25) is 9.59 Å². The molecule has 144 valence electrons. The molecule has 2 rings (SSSR count). The summed E-state index contributed by atoms with van der Waals surface area (Å²) in [5, 5.41) is -0.521. The van der Waals surface area contributed by atoms with Gasteiger partial charge in [0.1, 0.15) is 5.38 Å². The Morgan fingerprint density at radius 1 is 1.19 bits per heavy atom. The summed E-state index contributed by atoms with van der Waals surface area (Å²) in [4.78, 5) is 25.9. The van der Waals surface area contributed by atoms with Crippen molar-refractivity contribution in [1.29, 1.82) is 0 Å². The number of rotatable bonds is 9. The smallest absolute Gasteiger partial charge is 0.324 e. The standard InChI is InChI=1S/C21H30ClNO3/c1-2-26-21(25)19(22)11-7-6-8-17-12-14-23(15-13-17)20(24)16-18-9-4-3-5-10-18/h3-5,9-10,17,19H,2,6-8,11-16H2,1H3. The number of carbonyl (C=O) groups is 2. The van der Waals surface area contributed by atoms with E-state index in [2.05, 4.69) is 0 Å². The van der Waals surface area contributed by atoms with Gasteiger partial charge >= 0.3 is 5.97 Å². The lowest BCUT2D eigenvalue weighted by atomic mass is 9.91. The van der Waals surface area contributed by atoms with Crippen molar-refractivity contribution >= 4 is 23.5 Å². The Balaban J connectivity index is 1.60. The second-order valence-electron chi connectivity index (χ2n) is 6.99. The molecule has 1 unspecified atom stereocenters. The Morgan fingerprint density at radius 2 is 1.88 bits per heavy atom. The summed E-state index contributed by atoms with van der Waals surface area (Å²) in [5.41, 5.74) is 1.08. The molecule has 0 saturated carbocycles. The number of carbonyl (C=O) groups excluding carboxylic acids is 2. The zero-order valence-corrected chi connectivity index (χ0v) is 16.4. The third-order valence-electron chi connectivity index (χ3n) is 5.03. The van der Waals surface area contributed by atoms with Crippen molar-refractivity contribution in [2.75, 3.05) is 19.7 Å². The van der Waals surface area contributed by atoms with Crippen LogP contribution < -0.4 is 0 Å². The van der Waals surface area contributed by atoms with Crippen LogP contribution in [-0.4, -0.2) is 41.8 Å². The molecule has 0 spiro atoms. The molecule has 0 N–H and O–H groups in total. The van der Waals surface area contributed by atoms with Gasteiger partial charge in [0.2, 0.25) is 5.91 Å². The average molecular weight is 380 g/mol. The highest BCUT2D eigenvalue weighted by Gasteiger charge is 2.23. The fourth-order valence-electron chi connectivity index (χ4n) is 3.46. The molecule has 1 aromatic rings. The van der Waals surface area contributed by atoms with Crippen molar-refractivity contribution < 1.29 is 14.3 Å². The molecular formula is C21H30ClNO3. The van der Waals surface area contributed by atoms with Gasteiger partial charge in [-0.25, -0.2) is 0 Å². The molecule has 1 atom stereocenters. The van der Waals surface area contributed by atoms with E-state index in [0.717, 1.165) is 50.8 Å². The minimum absolute atomic E-state index is 0.231. The number of unbranched alkanes of at least 4 members (excludes halogenated alkanes) is 1. The molecule has 1 saturated heterocycles. The van der Waals surface area contributed by atoms with Crippen LogP contribution in [0.15, 0.2) is 30.3 Å². The molecular weight excluding hydrogens is 350 g/mol. The predicted molar refractivity (Wildman–Crippen MR) is 104 cm³/mol. The van der Waals surface area contributed by atoms with Gasteiger partial charge in [-0.15, -0.1) is 11.6 Å². The van der Waals surface area contributed by atoms with Crippen molar-refractivity contribution in [3.8, 4) is 0 Å². The number of ether oxygens (including phenoxy) is 1. The second kappa shape index (κ2) is 11.2. The summed E-state index contributed by atoms with van der Waals surface area (Å²) in [6.07, 6.45) is 6.48. The van der Waals surface area contributed by atoms with Crippen LogP contribution in [0.5, 0.6) is 0 Å². The highest BCUT2D eigenvalue weighted by atomic mass is 35.5. The number of hydrogen-bond acceptors (Lipinski definition) is 3. The lowest BCUT2D eigenvalue weighted by Gasteiger charge is -2.32. The van der Waals surface area contributed by atoms with Gasteiger partial charge in [-0.1, -0.05) is 49.6 Å². The minimum Gasteiger partial charge on any atom is -0.465 e. The molecule has 0 aliphatic carbocycles. The Bertz CT molecular complexity index is 556. The van der Waals surface area contributed by atoms with E-state index in [0.29, 0.717) is 25.4 Å². The van der Waals surface area contributed by atoms with E-state index in [-0.39, 0.29) is 11.9 Å². The summed E-state index contributed by atoms with van der Waals surface area (Å²) in [6, 6.07) is 9.93. The fraction of sp³-hybridized carbons (Fsp3) is 0.619. The van der Waals surface area contributed by atoms with Crippen LogP contribution in [0.4, 0.5) is 0 Å². The minimum atomic E-state index is -0.521. The number of amides is 1. The quantitative estimate of drug-likeness (QED) is 0.367. The highest BCUT2D eigenvalue weighted by molar-refractivity contribution is 6.29. The van der Waals surface area contributed by atoms with Gasteiger partial charge in [0.05, 0.1) is 13.0 Å². The normalized spacial score (nSPS) is 16.3. The Labute approximate surface area is 161 Å². The van der Waals surface area contributed by atoms with Gasteiger partial charge in [0, 0.05) is 13.1 Å². The molecule has 4 nitrogen and oxygen atoms in total. The van der Waals surface area contributed by atoms with Crippen LogP contribution in [0.3, 0.4) is 0 Å². The molecule has 5 heteroatoms. The molecule has 1 amide bonds. The lowest BCUT2D eigenvalue weighted by Crippen LogP contribution is -2.39. The van der Waals surface area contributed by atoms with Crippen molar-refractivity contribution in [3.05, 3.63) is 35.9 Å². The summed E-state index contributed by atoms with van der Waals surface area (Å²) >= 11 is 6.03. The maximum absolute atomic E-state index is 12.4. The molecule has 1 aliphatic heterocycles. The number of halogens is 1. The van der Waals surface area contributed by atoms with E-state index in [1.165, 1.54) is 0 Å². The molecule has 0 radical (unpaired) electrons. The number of alkyl halides is 1. The summed E-state index contributed by atoms with van der Waals surface area (Å²) in [7, 11) is 0. The van der Waals surface area contributed by atoms with Gasteiger partial charge < -0.3 is 9.64 Å². The number of piperidine rings is 1. The highest BCUT2D eigenvalue weighted by Crippen LogP contribution is 2.24. The molecule has 26 heavy (non-hydrogen) atoms. The van der Waals surface area contributed by atoms with Crippen LogP contribution in [0.1, 0.15) is 51.0 Å². The molecule has 0 aromatic heterocycles. The van der Waals surface area contributed by atoms with Crippen LogP contribution >= 0.6 is 11.6 Å². The topological polar surface area (TPSA) is 46.6 Å². The lowest BCUT2D eigenvalue weighted by molar-refractivity contribution is -0.142. The number of esters is 1. The number of nitrogens with zero attached hydrogens (tertiary/aromatic N) is 1. The zero-order chi connectivity index (χ0) is 18.8. The molecule has 1 heterocycles. The number of benzene rings is 1. The maximum atomic E-state index is 12.4. The SMILES string of the molecule is CCOC(=O)C(Cl)CCCCC1CCN(C(=O)Cc2ccccc2)CC1. The van der Waals surface area contributed by atoms with E-state index >= 15 is 0 Å². The Kier molecular flexibility index (Phi) is 8.96. The van der Waals surface area contributed by atoms with Crippen LogP contribution in [0.25, 0.3) is 0 Å². The molecule has 0 bridgehead atoms. The average Bonchev–Trinajstić information content (AvgIpc) is 2.66. The maximum Gasteiger partial charge on any atom is 0.324 e.